The number of aromatic nitrogens is 4. The lowest BCUT2D eigenvalue weighted by Crippen LogP contribution is -2.33. The summed E-state index contributed by atoms with van der Waals surface area (Å²) in [5.74, 6) is -0.187. The van der Waals surface area contributed by atoms with E-state index in [-0.39, 0.29) is 23.7 Å². The van der Waals surface area contributed by atoms with E-state index >= 15 is 0 Å². The number of phosphoric ester groups is 2. The molecule has 33 heavy (non-hydrogen) atoms. The Hall–Kier alpha value is -1.71. The van der Waals surface area contributed by atoms with Gasteiger partial charge in [-0.05, 0) is 6.42 Å². The molecule has 3 rings (SSSR count). The summed E-state index contributed by atoms with van der Waals surface area (Å²) in [4.78, 5) is 22.1. The zero-order chi connectivity index (χ0) is 24.4. The van der Waals surface area contributed by atoms with Gasteiger partial charge in [-0.2, -0.15) is 9.29 Å². The summed E-state index contributed by atoms with van der Waals surface area (Å²) >= 11 is 0. The van der Waals surface area contributed by atoms with E-state index in [2.05, 4.69) is 19.5 Å². The van der Waals surface area contributed by atoms with Gasteiger partial charge in [-0.25, -0.2) is 14.1 Å². The van der Waals surface area contributed by atoms with Gasteiger partial charge in [0.05, 0.1) is 19.5 Å². The minimum absolute atomic E-state index is 0.00655. The fourth-order valence-corrected chi connectivity index (χ4v) is 5.77. The average Bonchev–Trinajstić information content (AvgIpc) is 3.32. The molecule has 1 aliphatic rings. The Morgan fingerprint density at radius 1 is 1.21 bits per heavy atom. The van der Waals surface area contributed by atoms with Crippen molar-refractivity contribution in [1.82, 2.24) is 19.5 Å². The van der Waals surface area contributed by atoms with Crippen molar-refractivity contribution in [3.63, 3.8) is 0 Å². The number of hydrogen-bond acceptors (Lipinski definition) is 14. The molecule has 2 aromatic heterocycles. The van der Waals surface area contributed by atoms with Crippen LogP contribution in [0.1, 0.15) is 19.6 Å². The molecule has 0 radical (unpaired) electrons. The Balaban J connectivity index is 1.74. The zero-order valence-corrected chi connectivity index (χ0v) is 19.7. The monoisotopic (exact) mass is 513 g/mol. The topological polar surface area (TPSA) is 220 Å². The number of anilines is 1. The number of H-pyrrole nitrogens is 1. The molecule has 0 spiro atoms. The van der Waals surface area contributed by atoms with Crippen LogP contribution in [0.4, 0.5) is 5.95 Å². The molecule has 1 saturated heterocycles. The molecule has 16 nitrogen and oxygen atoms in total. The Kier molecular flexibility index (Phi) is 8.07. The van der Waals surface area contributed by atoms with E-state index in [0.717, 1.165) is 14.2 Å². The molecule has 1 aliphatic heterocycles. The number of nitrogens with one attached hydrogen (secondary N) is 1. The number of rotatable bonds is 11. The Morgan fingerprint density at radius 3 is 2.52 bits per heavy atom. The number of aliphatic hydroxyl groups excluding tert-OH is 2. The molecule has 3 heterocycles. The van der Waals surface area contributed by atoms with Crippen molar-refractivity contribution in [3.05, 3.63) is 16.7 Å². The van der Waals surface area contributed by atoms with Crippen LogP contribution in [0.15, 0.2) is 11.1 Å². The largest absolute Gasteiger partial charge is 0.483 e. The van der Waals surface area contributed by atoms with Gasteiger partial charge in [-0.1, -0.05) is 6.92 Å². The molecule has 6 atom stereocenters. The standard InChI is InChI=1S/C15H25N5O11P2/c1-4-5-28-32(24,26-2)31-33(25,27-3)29-6-8-10(21)11(22)14(30-8)20-7-17-9-12(20)18-15(16)19-13(9)23/h7-8,10-11,14,21-22H,4-6H2,1-3H3,(H3,16,18,19,23)/t8-,10?,11?,14-,32?,33?/m1/s1. The van der Waals surface area contributed by atoms with Crippen molar-refractivity contribution >= 4 is 32.8 Å². The molecule has 1 fully saturated rings. The number of nitrogens with two attached hydrogens (primary N) is 1. The smallest absolute Gasteiger partial charge is 0.387 e. The second-order valence-electron chi connectivity index (χ2n) is 6.79. The first-order valence-electron chi connectivity index (χ1n) is 9.62. The van der Waals surface area contributed by atoms with E-state index in [1.54, 1.807) is 6.92 Å². The Bertz CT molecular complexity index is 1120. The zero-order valence-electron chi connectivity index (χ0n) is 17.9. The van der Waals surface area contributed by atoms with Gasteiger partial charge in [0.15, 0.2) is 17.4 Å². The molecule has 0 aliphatic carbocycles. The van der Waals surface area contributed by atoms with Crippen LogP contribution in [0, 0.1) is 0 Å². The number of hydrogen-bond donors (Lipinski definition) is 4. The third-order valence-electron chi connectivity index (χ3n) is 4.56. The second-order valence-corrected chi connectivity index (χ2v) is 10.5. The first-order valence-corrected chi connectivity index (χ1v) is 12.5. The van der Waals surface area contributed by atoms with Gasteiger partial charge < -0.3 is 20.7 Å². The fourth-order valence-electron chi connectivity index (χ4n) is 2.94. The molecule has 2 aromatic rings. The van der Waals surface area contributed by atoms with E-state index in [9.17, 15) is 24.1 Å². The predicted molar refractivity (Wildman–Crippen MR) is 111 cm³/mol. The van der Waals surface area contributed by atoms with E-state index in [0.29, 0.717) is 6.42 Å². The molecule has 0 bridgehead atoms. The fraction of sp³-hybridized carbons (Fsp3) is 0.667. The number of imidazole rings is 1. The summed E-state index contributed by atoms with van der Waals surface area (Å²) in [6, 6.07) is 0. The molecule has 0 aromatic carbocycles. The molecule has 0 amide bonds. The highest BCUT2D eigenvalue weighted by molar-refractivity contribution is 7.62. The molecule has 18 heteroatoms. The summed E-state index contributed by atoms with van der Waals surface area (Å²) in [7, 11) is -6.74. The van der Waals surface area contributed by atoms with Gasteiger partial charge in [0.25, 0.3) is 5.56 Å². The lowest BCUT2D eigenvalue weighted by molar-refractivity contribution is -0.0509. The van der Waals surface area contributed by atoms with E-state index in [4.69, 9.17) is 28.4 Å². The molecule has 5 N–H and O–H groups in total. The first kappa shape index (κ1) is 25.9. The summed E-state index contributed by atoms with van der Waals surface area (Å²) in [5, 5.41) is 20.9. The molecule has 4 unspecified atom stereocenters. The highest BCUT2D eigenvalue weighted by Crippen LogP contribution is 2.65. The molecule has 0 saturated carbocycles. The maximum atomic E-state index is 12.7. The second kappa shape index (κ2) is 10.3. The van der Waals surface area contributed by atoms with Crippen molar-refractivity contribution in [3.8, 4) is 0 Å². The number of aliphatic hydroxyl groups is 2. The Labute approximate surface area is 187 Å². The third kappa shape index (κ3) is 5.52. The number of fused-ring (bicyclic) bond motifs is 1. The van der Waals surface area contributed by atoms with Crippen LogP contribution in [0.25, 0.3) is 11.2 Å². The minimum atomic E-state index is -4.49. The van der Waals surface area contributed by atoms with E-state index in [1.807, 2.05) is 0 Å². The first-order chi connectivity index (χ1) is 15.6. The normalized spacial score (nSPS) is 26.9. The van der Waals surface area contributed by atoms with Crippen molar-refractivity contribution < 1.29 is 46.5 Å². The summed E-state index contributed by atoms with van der Waals surface area (Å²) in [6.07, 6.45) is -3.87. The SMILES string of the molecule is CCCOP(=O)(OC)OP(=O)(OC)OC[C@H]1O[C@@H](n2cnc3c(=O)[nH]c(N)nc32)C(O)C1O. The van der Waals surface area contributed by atoms with Gasteiger partial charge in [0, 0.05) is 14.2 Å². The Morgan fingerprint density at radius 2 is 1.88 bits per heavy atom. The maximum absolute atomic E-state index is 12.7. The van der Waals surface area contributed by atoms with Gasteiger partial charge in [0.1, 0.15) is 18.3 Å². The highest BCUT2D eigenvalue weighted by Gasteiger charge is 2.47. The summed E-state index contributed by atoms with van der Waals surface area (Å²) < 4.78 is 56.4. The molecule has 186 valence electrons. The lowest BCUT2D eigenvalue weighted by Gasteiger charge is -2.22. The van der Waals surface area contributed by atoms with Crippen molar-refractivity contribution in [2.45, 2.75) is 37.9 Å². The van der Waals surface area contributed by atoms with E-state index < -0.39 is 52.4 Å². The maximum Gasteiger partial charge on any atom is 0.483 e. The van der Waals surface area contributed by atoms with E-state index in [1.165, 1.54) is 10.9 Å². The van der Waals surface area contributed by atoms with Crippen LogP contribution >= 0.6 is 15.6 Å². The van der Waals surface area contributed by atoms with Crippen molar-refractivity contribution in [1.29, 1.82) is 0 Å². The van der Waals surface area contributed by atoms with Gasteiger partial charge in [0.2, 0.25) is 5.95 Å². The molecular formula is C15H25N5O11P2. The predicted octanol–water partition coefficient (Wildman–Crippen LogP) is 0.290. The number of nitrogens with zero attached hydrogens (tertiary/aromatic N) is 3. The van der Waals surface area contributed by atoms with Crippen LogP contribution in [0.2, 0.25) is 0 Å². The van der Waals surface area contributed by atoms with Crippen LogP contribution in [0.3, 0.4) is 0 Å². The number of nitrogen functional groups attached to an aromatic ring is 1. The number of aromatic amines is 1. The van der Waals surface area contributed by atoms with Crippen molar-refractivity contribution in [2.24, 2.45) is 0 Å². The summed E-state index contributed by atoms with van der Waals surface area (Å²) in [6.45, 7) is 1.13. The van der Waals surface area contributed by atoms with Crippen LogP contribution in [0.5, 0.6) is 0 Å². The van der Waals surface area contributed by atoms with Gasteiger partial charge in [-0.15, -0.1) is 0 Å². The van der Waals surface area contributed by atoms with Gasteiger partial charge >= 0.3 is 15.6 Å². The van der Waals surface area contributed by atoms with Crippen LogP contribution in [-0.4, -0.2) is 75.5 Å². The van der Waals surface area contributed by atoms with Crippen LogP contribution < -0.4 is 11.3 Å². The highest BCUT2D eigenvalue weighted by atomic mass is 31.3. The quantitative estimate of drug-likeness (QED) is 0.297. The summed E-state index contributed by atoms with van der Waals surface area (Å²) in [5.41, 5.74) is 4.91. The lowest BCUT2D eigenvalue weighted by atomic mass is 10.1. The number of phosphoric acid groups is 2. The third-order valence-corrected chi connectivity index (χ3v) is 8.02. The minimum Gasteiger partial charge on any atom is -0.387 e. The van der Waals surface area contributed by atoms with Crippen LogP contribution in [-0.2, 0) is 36.3 Å². The van der Waals surface area contributed by atoms with Crippen molar-refractivity contribution in [2.75, 3.05) is 33.2 Å². The van der Waals surface area contributed by atoms with Gasteiger partial charge in [-0.3, -0.25) is 32.4 Å². The number of ether oxygens (including phenoxy) is 1. The molecular weight excluding hydrogens is 488 g/mol. The average molecular weight is 513 g/mol.